The number of fused-ring (bicyclic) bond motifs is 1. The predicted molar refractivity (Wildman–Crippen MR) is 86.9 cm³/mol. The van der Waals surface area contributed by atoms with Crippen molar-refractivity contribution < 1.29 is 4.39 Å². The normalized spacial score (nSPS) is 17.5. The van der Waals surface area contributed by atoms with Gasteiger partial charge < -0.3 is 14.8 Å². The number of anilines is 1. The third-order valence-corrected chi connectivity index (χ3v) is 4.36. The highest BCUT2D eigenvalue weighted by atomic mass is 32.1. The Kier molecular flexibility index (Phi) is 3.68. The number of nitrogens with zero attached hydrogens (tertiary/aromatic N) is 2. The predicted octanol–water partition coefficient (Wildman–Crippen LogP) is 3.71. The van der Waals surface area contributed by atoms with Gasteiger partial charge in [-0.1, -0.05) is 6.07 Å². The summed E-state index contributed by atoms with van der Waals surface area (Å²) in [6.07, 6.45) is 2.09. The lowest BCUT2D eigenvalue weighted by Crippen LogP contribution is -2.42. The van der Waals surface area contributed by atoms with Gasteiger partial charge in [-0.05, 0) is 55.9 Å². The maximum atomic E-state index is 13.6. The summed E-state index contributed by atoms with van der Waals surface area (Å²) in [5.41, 5.74) is 2.58. The number of hydrogen-bond acceptors (Lipinski definition) is 1. The van der Waals surface area contributed by atoms with Crippen LogP contribution in [0.4, 0.5) is 10.1 Å². The molecule has 1 N–H and O–H groups in total. The molecular formula is C16H18FN3S. The van der Waals surface area contributed by atoms with E-state index in [1.54, 1.807) is 13.0 Å². The number of aromatic nitrogens is 1. The van der Waals surface area contributed by atoms with E-state index in [2.05, 4.69) is 40.0 Å². The van der Waals surface area contributed by atoms with Crippen molar-refractivity contribution in [1.29, 1.82) is 0 Å². The average molecular weight is 303 g/mol. The summed E-state index contributed by atoms with van der Waals surface area (Å²) in [4.78, 5) is 2.14. The lowest BCUT2D eigenvalue weighted by molar-refractivity contribution is 0.276. The topological polar surface area (TPSA) is 20.2 Å². The molecule has 0 spiro atoms. The van der Waals surface area contributed by atoms with E-state index in [-0.39, 0.29) is 11.9 Å². The maximum absolute atomic E-state index is 13.6. The van der Waals surface area contributed by atoms with Crippen LogP contribution in [0, 0.1) is 12.7 Å². The van der Waals surface area contributed by atoms with Gasteiger partial charge in [-0.3, -0.25) is 0 Å². The monoisotopic (exact) mass is 303 g/mol. The maximum Gasteiger partial charge on any atom is 0.174 e. The molecule has 3 rings (SSSR count). The molecule has 21 heavy (non-hydrogen) atoms. The molecule has 1 aromatic carbocycles. The van der Waals surface area contributed by atoms with Gasteiger partial charge in [-0.2, -0.15) is 0 Å². The molecule has 0 aliphatic carbocycles. The second kappa shape index (κ2) is 5.48. The molecule has 0 saturated heterocycles. The van der Waals surface area contributed by atoms with Gasteiger partial charge in [0.2, 0.25) is 0 Å². The van der Waals surface area contributed by atoms with E-state index < -0.39 is 0 Å². The van der Waals surface area contributed by atoms with Crippen molar-refractivity contribution in [3.05, 3.63) is 53.6 Å². The molecule has 0 unspecified atom stereocenters. The molecular weight excluding hydrogens is 285 g/mol. The van der Waals surface area contributed by atoms with Crippen molar-refractivity contribution in [2.75, 3.05) is 11.9 Å². The van der Waals surface area contributed by atoms with Crippen LogP contribution in [0.25, 0.3) is 0 Å². The first-order valence-corrected chi connectivity index (χ1v) is 7.46. The minimum Gasteiger partial charge on any atom is -0.348 e. The zero-order chi connectivity index (χ0) is 15.0. The minimum absolute atomic E-state index is 0.212. The first-order chi connectivity index (χ1) is 10.1. The van der Waals surface area contributed by atoms with Crippen molar-refractivity contribution in [3.63, 3.8) is 0 Å². The van der Waals surface area contributed by atoms with Crippen molar-refractivity contribution in [1.82, 2.24) is 9.47 Å². The molecule has 0 fully saturated rings. The standard InChI is InChI=1S/C16H18FN3S/c1-11-5-6-13(10-14(11)17)18-16(21)20-9-8-19-7-3-4-15(19)12(20)2/h3-7,10,12H,8-9H2,1-2H3,(H,18,21)/t12-/m0/s1. The number of benzene rings is 1. The number of halogens is 1. The number of hydrogen-bond donors (Lipinski definition) is 1. The summed E-state index contributed by atoms with van der Waals surface area (Å²) in [5, 5.41) is 3.78. The van der Waals surface area contributed by atoms with E-state index in [1.165, 1.54) is 11.8 Å². The number of aryl methyl sites for hydroxylation is 1. The van der Waals surface area contributed by atoms with Gasteiger partial charge in [0.25, 0.3) is 0 Å². The summed E-state index contributed by atoms with van der Waals surface area (Å²) < 4.78 is 15.8. The van der Waals surface area contributed by atoms with Crippen LogP contribution in [0.5, 0.6) is 0 Å². The van der Waals surface area contributed by atoms with Gasteiger partial charge in [0.15, 0.2) is 5.11 Å². The Labute approximate surface area is 129 Å². The van der Waals surface area contributed by atoms with Gasteiger partial charge in [0.1, 0.15) is 5.82 Å². The van der Waals surface area contributed by atoms with E-state index in [9.17, 15) is 4.39 Å². The Morgan fingerprint density at radius 3 is 2.90 bits per heavy atom. The Hall–Kier alpha value is -1.88. The highest BCUT2D eigenvalue weighted by molar-refractivity contribution is 7.80. The van der Waals surface area contributed by atoms with Crippen LogP contribution in [0.15, 0.2) is 36.5 Å². The van der Waals surface area contributed by atoms with Gasteiger partial charge in [-0.25, -0.2) is 4.39 Å². The van der Waals surface area contributed by atoms with Crippen molar-refractivity contribution >= 4 is 23.0 Å². The second-order valence-corrected chi connectivity index (χ2v) is 5.78. The third kappa shape index (κ3) is 2.65. The lowest BCUT2D eigenvalue weighted by atomic mass is 10.1. The molecule has 0 radical (unpaired) electrons. The Balaban J connectivity index is 1.75. The Morgan fingerprint density at radius 2 is 2.14 bits per heavy atom. The van der Waals surface area contributed by atoms with Crippen LogP contribution >= 0.6 is 12.2 Å². The van der Waals surface area contributed by atoms with Crippen molar-refractivity contribution in [3.8, 4) is 0 Å². The molecule has 0 bridgehead atoms. The molecule has 0 saturated carbocycles. The Morgan fingerprint density at radius 1 is 1.33 bits per heavy atom. The van der Waals surface area contributed by atoms with Gasteiger partial charge in [0.05, 0.1) is 6.04 Å². The summed E-state index contributed by atoms with van der Waals surface area (Å²) in [7, 11) is 0. The average Bonchev–Trinajstić information content (AvgIpc) is 2.92. The van der Waals surface area contributed by atoms with Crippen LogP contribution in [0.2, 0.25) is 0 Å². The van der Waals surface area contributed by atoms with E-state index in [0.717, 1.165) is 13.1 Å². The fraction of sp³-hybridized carbons (Fsp3) is 0.312. The van der Waals surface area contributed by atoms with Crippen molar-refractivity contribution in [2.45, 2.75) is 26.4 Å². The second-order valence-electron chi connectivity index (χ2n) is 5.39. The largest absolute Gasteiger partial charge is 0.348 e. The summed E-state index contributed by atoms with van der Waals surface area (Å²) in [5.74, 6) is -0.219. The number of thiocarbonyl (C=S) groups is 1. The van der Waals surface area contributed by atoms with Crippen LogP contribution in [0.1, 0.15) is 24.2 Å². The van der Waals surface area contributed by atoms with Crippen LogP contribution in [-0.4, -0.2) is 21.1 Å². The highest BCUT2D eigenvalue weighted by Crippen LogP contribution is 2.26. The molecule has 110 valence electrons. The SMILES string of the molecule is Cc1ccc(NC(=S)N2CCn3cccc3[C@@H]2C)cc1F. The number of rotatable bonds is 1. The summed E-state index contributed by atoms with van der Waals surface area (Å²) in [6, 6.07) is 9.47. The zero-order valence-electron chi connectivity index (χ0n) is 12.1. The third-order valence-electron chi connectivity index (χ3n) is 4.03. The van der Waals surface area contributed by atoms with Gasteiger partial charge in [-0.15, -0.1) is 0 Å². The summed E-state index contributed by atoms with van der Waals surface area (Å²) >= 11 is 5.50. The van der Waals surface area contributed by atoms with E-state index in [0.29, 0.717) is 16.4 Å². The van der Waals surface area contributed by atoms with Crippen LogP contribution in [0.3, 0.4) is 0 Å². The molecule has 1 aliphatic heterocycles. The highest BCUT2D eigenvalue weighted by Gasteiger charge is 2.25. The molecule has 0 amide bonds. The Bertz CT molecular complexity index is 680. The van der Waals surface area contributed by atoms with Crippen LogP contribution in [-0.2, 0) is 6.54 Å². The fourth-order valence-electron chi connectivity index (χ4n) is 2.72. The van der Waals surface area contributed by atoms with E-state index in [1.807, 2.05) is 6.07 Å². The molecule has 1 aliphatic rings. The van der Waals surface area contributed by atoms with Gasteiger partial charge >= 0.3 is 0 Å². The molecule has 1 aromatic heterocycles. The van der Waals surface area contributed by atoms with E-state index >= 15 is 0 Å². The quantitative estimate of drug-likeness (QED) is 0.811. The van der Waals surface area contributed by atoms with E-state index in [4.69, 9.17) is 12.2 Å². The first kappa shape index (κ1) is 14.1. The first-order valence-electron chi connectivity index (χ1n) is 7.05. The molecule has 5 heteroatoms. The molecule has 2 aromatic rings. The fourth-order valence-corrected chi connectivity index (χ4v) is 3.09. The van der Waals surface area contributed by atoms with Gasteiger partial charge in [0, 0.05) is 30.7 Å². The lowest BCUT2D eigenvalue weighted by Gasteiger charge is -2.36. The van der Waals surface area contributed by atoms with Crippen LogP contribution < -0.4 is 5.32 Å². The molecule has 2 heterocycles. The molecule has 1 atom stereocenters. The van der Waals surface area contributed by atoms with Crippen molar-refractivity contribution in [2.24, 2.45) is 0 Å². The zero-order valence-corrected chi connectivity index (χ0v) is 13.0. The summed E-state index contributed by atoms with van der Waals surface area (Å²) in [6.45, 7) is 5.65. The number of nitrogens with one attached hydrogen (secondary N) is 1. The smallest absolute Gasteiger partial charge is 0.174 e. The minimum atomic E-state index is -0.219. The molecule has 3 nitrogen and oxygen atoms in total.